The largest absolute Gasteiger partial charge is 0.418 e. The van der Waals surface area contributed by atoms with Crippen molar-refractivity contribution in [3.05, 3.63) is 29.8 Å². The van der Waals surface area contributed by atoms with Gasteiger partial charge in [-0.2, -0.15) is 13.2 Å². The second-order valence-electron chi connectivity index (χ2n) is 5.34. The summed E-state index contributed by atoms with van der Waals surface area (Å²) in [6.45, 7) is 2.43. The van der Waals surface area contributed by atoms with Crippen molar-refractivity contribution >= 4 is 5.69 Å². The molecule has 0 aromatic heterocycles. The lowest BCUT2D eigenvalue weighted by Gasteiger charge is -2.40. The summed E-state index contributed by atoms with van der Waals surface area (Å²) in [7, 11) is 0. The topological polar surface area (TPSA) is 15.3 Å². The Bertz CT molecular complexity index is 458. The average molecular weight is 270 g/mol. The van der Waals surface area contributed by atoms with E-state index in [1.54, 1.807) is 12.1 Å². The Morgan fingerprint density at radius 3 is 2.74 bits per heavy atom. The monoisotopic (exact) mass is 270 g/mol. The van der Waals surface area contributed by atoms with Crippen molar-refractivity contribution in [2.45, 2.75) is 25.1 Å². The van der Waals surface area contributed by atoms with Crippen LogP contribution in [0.1, 0.15) is 18.4 Å². The zero-order valence-corrected chi connectivity index (χ0v) is 10.6. The van der Waals surface area contributed by atoms with E-state index in [0.717, 1.165) is 32.5 Å². The van der Waals surface area contributed by atoms with Crippen molar-refractivity contribution in [2.75, 3.05) is 24.5 Å². The molecule has 0 aliphatic carbocycles. The van der Waals surface area contributed by atoms with Gasteiger partial charge in [-0.1, -0.05) is 12.1 Å². The molecule has 1 N–H and O–H groups in total. The van der Waals surface area contributed by atoms with Gasteiger partial charge in [0.2, 0.25) is 0 Å². The van der Waals surface area contributed by atoms with E-state index >= 15 is 0 Å². The van der Waals surface area contributed by atoms with Crippen LogP contribution in [0, 0.1) is 5.92 Å². The number of halogens is 3. The van der Waals surface area contributed by atoms with Crippen molar-refractivity contribution in [1.29, 1.82) is 0 Å². The summed E-state index contributed by atoms with van der Waals surface area (Å²) in [5.74, 6) is 0.482. The predicted octanol–water partition coefficient (Wildman–Crippen LogP) is 2.89. The maximum Gasteiger partial charge on any atom is 0.418 e. The van der Waals surface area contributed by atoms with Crippen molar-refractivity contribution in [1.82, 2.24) is 5.32 Å². The van der Waals surface area contributed by atoms with E-state index in [1.165, 1.54) is 12.1 Å². The Hall–Kier alpha value is -1.23. The first-order valence-corrected chi connectivity index (χ1v) is 6.71. The lowest BCUT2D eigenvalue weighted by Crippen LogP contribution is -2.45. The zero-order valence-electron chi connectivity index (χ0n) is 10.6. The van der Waals surface area contributed by atoms with Gasteiger partial charge in [0, 0.05) is 31.4 Å². The first kappa shape index (κ1) is 12.8. The van der Waals surface area contributed by atoms with Gasteiger partial charge in [0.05, 0.1) is 5.56 Å². The van der Waals surface area contributed by atoms with Crippen LogP contribution in [0.4, 0.5) is 18.9 Å². The summed E-state index contributed by atoms with van der Waals surface area (Å²) < 4.78 is 39.3. The Kier molecular flexibility index (Phi) is 3.17. The molecule has 2 aliphatic rings. The van der Waals surface area contributed by atoms with Gasteiger partial charge in [-0.3, -0.25) is 0 Å². The third-order valence-electron chi connectivity index (χ3n) is 4.20. The summed E-state index contributed by atoms with van der Waals surface area (Å²) in [6.07, 6.45) is -2.20. The molecular formula is C14H17F3N2. The molecule has 3 rings (SSSR count). The number of nitrogens with zero attached hydrogens (tertiary/aromatic N) is 1. The van der Waals surface area contributed by atoms with E-state index in [0.29, 0.717) is 11.6 Å². The van der Waals surface area contributed by atoms with Crippen LogP contribution in [-0.4, -0.2) is 25.7 Å². The van der Waals surface area contributed by atoms with Crippen molar-refractivity contribution < 1.29 is 13.2 Å². The van der Waals surface area contributed by atoms with Gasteiger partial charge in [0.1, 0.15) is 0 Å². The second kappa shape index (κ2) is 4.71. The summed E-state index contributed by atoms with van der Waals surface area (Å²) in [5.41, 5.74) is -0.170. The molecular weight excluding hydrogens is 253 g/mol. The van der Waals surface area contributed by atoms with E-state index in [4.69, 9.17) is 0 Å². The van der Waals surface area contributed by atoms with Gasteiger partial charge in [-0.15, -0.1) is 0 Å². The summed E-state index contributed by atoms with van der Waals surface area (Å²) in [4.78, 5) is 1.96. The number of benzene rings is 1. The van der Waals surface area contributed by atoms with Crippen LogP contribution in [0.3, 0.4) is 0 Å². The molecule has 2 atom stereocenters. The van der Waals surface area contributed by atoms with Crippen LogP contribution in [0.25, 0.3) is 0 Å². The number of alkyl halides is 3. The molecule has 1 aromatic rings. The number of piperidine rings is 1. The molecule has 2 fully saturated rings. The molecule has 2 unspecified atom stereocenters. The maximum atomic E-state index is 13.1. The molecule has 0 spiro atoms. The molecule has 0 radical (unpaired) electrons. The smallest absolute Gasteiger partial charge is 0.366 e. The molecule has 2 aliphatic heterocycles. The molecule has 0 bridgehead atoms. The number of rotatable bonds is 1. The minimum atomic E-state index is -4.28. The van der Waals surface area contributed by atoms with Gasteiger partial charge in [0.15, 0.2) is 0 Å². The zero-order chi connectivity index (χ0) is 13.5. The van der Waals surface area contributed by atoms with Gasteiger partial charge in [0.25, 0.3) is 0 Å². The minimum absolute atomic E-state index is 0.206. The molecule has 0 saturated carbocycles. The average Bonchev–Trinajstić information content (AvgIpc) is 2.85. The Morgan fingerprint density at radius 1 is 1.16 bits per heavy atom. The number of hydrogen-bond acceptors (Lipinski definition) is 2. The molecule has 2 heterocycles. The van der Waals surface area contributed by atoms with Gasteiger partial charge in [-0.05, 0) is 30.9 Å². The fourth-order valence-corrected chi connectivity index (χ4v) is 3.33. The highest BCUT2D eigenvalue weighted by Crippen LogP contribution is 2.39. The fraction of sp³-hybridized carbons (Fsp3) is 0.571. The lowest BCUT2D eigenvalue weighted by atomic mass is 9.91. The van der Waals surface area contributed by atoms with E-state index in [-0.39, 0.29) is 6.04 Å². The Morgan fingerprint density at radius 2 is 1.95 bits per heavy atom. The molecule has 5 heteroatoms. The first-order chi connectivity index (χ1) is 9.07. The third kappa shape index (κ3) is 2.31. The van der Waals surface area contributed by atoms with Gasteiger partial charge >= 0.3 is 6.18 Å². The molecule has 2 saturated heterocycles. The number of hydrogen-bond donors (Lipinski definition) is 1. The summed E-state index contributed by atoms with van der Waals surface area (Å²) >= 11 is 0. The second-order valence-corrected chi connectivity index (χ2v) is 5.34. The lowest BCUT2D eigenvalue weighted by molar-refractivity contribution is -0.137. The van der Waals surface area contributed by atoms with E-state index < -0.39 is 11.7 Å². The highest BCUT2D eigenvalue weighted by atomic mass is 19.4. The van der Waals surface area contributed by atoms with Gasteiger partial charge < -0.3 is 10.2 Å². The molecule has 0 amide bonds. The maximum absolute atomic E-state index is 13.1. The Balaban J connectivity index is 1.97. The minimum Gasteiger partial charge on any atom is -0.366 e. The summed E-state index contributed by atoms with van der Waals surface area (Å²) in [5, 5.41) is 3.30. The normalized spacial score (nSPS) is 27.4. The quantitative estimate of drug-likeness (QED) is 0.844. The number of para-hydroxylation sites is 1. The third-order valence-corrected chi connectivity index (χ3v) is 4.20. The first-order valence-electron chi connectivity index (χ1n) is 6.71. The van der Waals surface area contributed by atoms with Crippen LogP contribution in [-0.2, 0) is 6.18 Å². The Labute approximate surface area is 110 Å². The molecule has 2 nitrogen and oxygen atoms in total. The molecule has 1 aromatic carbocycles. The van der Waals surface area contributed by atoms with E-state index in [9.17, 15) is 13.2 Å². The number of fused-ring (bicyclic) bond motifs is 1. The van der Waals surface area contributed by atoms with Crippen molar-refractivity contribution in [2.24, 2.45) is 5.92 Å². The molecule has 104 valence electrons. The predicted molar refractivity (Wildman–Crippen MR) is 68.2 cm³/mol. The van der Waals surface area contributed by atoms with E-state index in [1.807, 2.05) is 4.90 Å². The van der Waals surface area contributed by atoms with Gasteiger partial charge in [-0.25, -0.2) is 0 Å². The number of anilines is 1. The van der Waals surface area contributed by atoms with Crippen LogP contribution >= 0.6 is 0 Å². The van der Waals surface area contributed by atoms with Crippen molar-refractivity contribution in [3.8, 4) is 0 Å². The molecule has 19 heavy (non-hydrogen) atoms. The van der Waals surface area contributed by atoms with Crippen LogP contribution < -0.4 is 10.2 Å². The highest BCUT2D eigenvalue weighted by Gasteiger charge is 2.40. The summed E-state index contributed by atoms with van der Waals surface area (Å²) in [6, 6.07) is 6.14. The van der Waals surface area contributed by atoms with Crippen LogP contribution in [0.15, 0.2) is 24.3 Å². The van der Waals surface area contributed by atoms with Crippen LogP contribution in [0.2, 0.25) is 0 Å². The number of nitrogens with one attached hydrogen (secondary N) is 1. The fourth-order valence-electron chi connectivity index (χ4n) is 3.33. The van der Waals surface area contributed by atoms with Crippen LogP contribution in [0.5, 0.6) is 0 Å². The van der Waals surface area contributed by atoms with Crippen molar-refractivity contribution in [3.63, 3.8) is 0 Å². The highest BCUT2D eigenvalue weighted by molar-refractivity contribution is 5.56. The SMILES string of the molecule is FC(F)(F)c1ccccc1N1CCCC2CNCC21. The van der Waals surface area contributed by atoms with E-state index in [2.05, 4.69) is 5.32 Å². The standard InChI is InChI=1S/C14H17F3N2/c15-14(16,17)11-5-1-2-6-12(11)19-7-3-4-10-8-18-9-13(10)19/h1-2,5-6,10,13,18H,3-4,7-9H2.